The van der Waals surface area contributed by atoms with Crippen molar-refractivity contribution in [3.8, 4) is 0 Å². The van der Waals surface area contributed by atoms with E-state index >= 15 is 0 Å². The number of pyridine rings is 2. The monoisotopic (exact) mass is 482 g/mol. The highest BCUT2D eigenvalue weighted by Gasteiger charge is 2.33. The van der Waals surface area contributed by atoms with Crippen LogP contribution in [0.15, 0.2) is 41.8 Å². The molecule has 9 heteroatoms. The third-order valence-electron chi connectivity index (χ3n) is 6.84. The summed E-state index contributed by atoms with van der Waals surface area (Å²) in [5.41, 5.74) is 7.73. The molecule has 0 unspecified atom stereocenters. The van der Waals surface area contributed by atoms with Gasteiger partial charge in [0.2, 0.25) is 5.91 Å². The fraction of sp³-hybridized carbons (Fsp3) is 0.538. The molecule has 35 heavy (non-hydrogen) atoms. The predicted molar refractivity (Wildman–Crippen MR) is 133 cm³/mol. The highest BCUT2D eigenvalue weighted by atomic mass is 19.1. The molecule has 188 valence electrons. The minimum Gasteiger partial charge on any atom is -0.396 e. The fourth-order valence-electron chi connectivity index (χ4n) is 4.91. The van der Waals surface area contributed by atoms with Crippen LogP contribution in [-0.2, 0) is 16.2 Å². The lowest BCUT2D eigenvalue weighted by Crippen LogP contribution is -2.46. The second-order valence-electron chi connectivity index (χ2n) is 9.38. The summed E-state index contributed by atoms with van der Waals surface area (Å²) in [5.74, 6) is 0.438. The maximum atomic E-state index is 14.5. The van der Waals surface area contributed by atoms with Gasteiger partial charge in [-0.1, -0.05) is 12.1 Å². The number of halogens is 1. The molecule has 4 rings (SSSR count). The zero-order valence-electron chi connectivity index (χ0n) is 20.4. The van der Waals surface area contributed by atoms with Crippen LogP contribution in [-0.4, -0.2) is 64.2 Å². The number of carbonyl (C=O) groups is 1. The van der Waals surface area contributed by atoms with E-state index < -0.39 is 5.82 Å². The van der Waals surface area contributed by atoms with Crippen LogP contribution >= 0.6 is 0 Å². The van der Waals surface area contributed by atoms with Gasteiger partial charge in [-0.3, -0.25) is 14.7 Å². The van der Waals surface area contributed by atoms with Crippen LogP contribution in [0.2, 0.25) is 0 Å². The molecule has 8 nitrogen and oxygen atoms in total. The van der Waals surface area contributed by atoms with Crippen molar-refractivity contribution in [3.05, 3.63) is 53.7 Å². The minimum atomic E-state index is -0.397. The van der Waals surface area contributed by atoms with Gasteiger partial charge in [-0.05, 0) is 75.0 Å². The second-order valence-corrected chi connectivity index (χ2v) is 9.38. The molecule has 0 aromatic carbocycles. The van der Waals surface area contributed by atoms with E-state index in [0.717, 1.165) is 57.3 Å². The number of likely N-dealkylation sites (tertiary alicyclic amines) is 2. The first kappa shape index (κ1) is 25.0. The van der Waals surface area contributed by atoms with Gasteiger partial charge in [-0.2, -0.15) is 0 Å². The van der Waals surface area contributed by atoms with Crippen LogP contribution in [0.1, 0.15) is 50.3 Å². The number of nitrogen functional groups attached to an aromatic ring is 1. The van der Waals surface area contributed by atoms with E-state index in [-0.39, 0.29) is 23.4 Å². The minimum absolute atomic E-state index is 0.00921. The quantitative estimate of drug-likeness (QED) is 0.352. The molecule has 0 bridgehead atoms. The van der Waals surface area contributed by atoms with Crippen molar-refractivity contribution in [1.82, 2.24) is 19.8 Å². The van der Waals surface area contributed by atoms with Crippen molar-refractivity contribution in [3.63, 3.8) is 0 Å². The van der Waals surface area contributed by atoms with Crippen molar-refractivity contribution in [2.45, 2.75) is 45.6 Å². The van der Waals surface area contributed by atoms with E-state index in [9.17, 15) is 9.18 Å². The standard InChI is InChI=1S/C26H35FN6O2/c1-2-16-35-31-24(25-22(27)4-3-10-30-25)20-8-14-33(15-9-20)26(34)21-6-12-32(13-7-21)18-19-5-11-29-23(28)17-19/h3-5,10-11,17,20-21H,2,6-9,12-16,18H2,1H3,(H2,28,29). The number of hydrogen-bond donors (Lipinski definition) is 1. The predicted octanol–water partition coefficient (Wildman–Crippen LogP) is 3.48. The highest BCUT2D eigenvalue weighted by molar-refractivity contribution is 6.00. The van der Waals surface area contributed by atoms with Gasteiger partial charge in [0.1, 0.15) is 23.8 Å². The van der Waals surface area contributed by atoms with Gasteiger partial charge in [0.05, 0.1) is 0 Å². The van der Waals surface area contributed by atoms with E-state index in [2.05, 4.69) is 20.0 Å². The Kier molecular flexibility index (Phi) is 8.63. The van der Waals surface area contributed by atoms with Crippen LogP contribution in [0.25, 0.3) is 0 Å². The Morgan fingerprint density at radius 1 is 1.11 bits per heavy atom. The summed E-state index contributed by atoms with van der Waals surface area (Å²) in [7, 11) is 0. The van der Waals surface area contributed by atoms with Gasteiger partial charge >= 0.3 is 0 Å². The van der Waals surface area contributed by atoms with Crippen molar-refractivity contribution in [2.24, 2.45) is 17.0 Å². The fourth-order valence-corrected chi connectivity index (χ4v) is 4.91. The lowest BCUT2D eigenvalue weighted by Gasteiger charge is -2.37. The Hall–Kier alpha value is -3.07. The maximum absolute atomic E-state index is 14.5. The molecule has 2 fully saturated rings. The van der Waals surface area contributed by atoms with Crippen molar-refractivity contribution < 1.29 is 14.0 Å². The molecule has 0 radical (unpaired) electrons. The van der Waals surface area contributed by atoms with Gasteiger partial charge in [0.15, 0.2) is 5.82 Å². The summed E-state index contributed by atoms with van der Waals surface area (Å²) < 4.78 is 14.5. The van der Waals surface area contributed by atoms with Crippen LogP contribution in [0.3, 0.4) is 0 Å². The lowest BCUT2D eigenvalue weighted by molar-refractivity contribution is -0.138. The molecule has 0 saturated carbocycles. The summed E-state index contributed by atoms with van der Waals surface area (Å²) in [6.45, 7) is 6.36. The van der Waals surface area contributed by atoms with E-state index in [0.29, 0.717) is 31.2 Å². The number of hydrogen-bond acceptors (Lipinski definition) is 7. The number of aromatic nitrogens is 2. The molecular weight excluding hydrogens is 447 g/mol. The molecule has 2 aliphatic heterocycles. The number of piperidine rings is 2. The Bertz CT molecular complexity index is 1020. The summed E-state index contributed by atoms with van der Waals surface area (Å²) in [6.07, 6.45) is 7.29. The Morgan fingerprint density at radius 2 is 1.86 bits per heavy atom. The number of carbonyl (C=O) groups excluding carboxylic acids is 1. The number of nitrogens with two attached hydrogens (primary N) is 1. The van der Waals surface area contributed by atoms with Crippen LogP contribution in [0.4, 0.5) is 10.2 Å². The SMILES string of the molecule is CCCON=C(c1ncccc1F)C1CCN(C(=O)C2CCN(Cc3ccnc(N)c3)CC2)CC1. The number of amides is 1. The largest absolute Gasteiger partial charge is 0.396 e. The van der Waals surface area contributed by atoms with Gasteiger partial charge in [0.25, 0.3) is 0 Å². The molecule has 2 saturated heterocycles. The van der Waals surface area contributed by atoms with E-state index in [1.54, 1.807) is 18.5 Å². The summed E-state index contributed by atoms with van der Waals surface area (Å²) in [4.78, 5) is 31.3. The Labute approximate surface area is 206 Å². The molecule has 4 heterocycles. The van der Waals surface area contributed by atoms with Gasteiger partial charge in [-0.25, -0.2) is 9.37 Å². The molecule has 2 aliphatic rings. The van der Waals surface area contributed by atoms with Crippen molar-refractivity contribution in [2.75, 3.05) is 38.5 Å². The molecule has 0 spiro atoms. The molecule has 2 aromatic rings. The maximum Gasteiger partial charge on any atom is 0.225 e. The smallest absolute Gasteiger partial charge is 0.225 e. The third kappa shape index (κ3) is 6.54. The Morgan fingerprint density at radius 3 is 2.54 bits per heavy atom. The number of nitrogens with zero attached hydrogens (tertiary/aromatic N) is 5. The van der Waals surface area contributed by atoms with Crippen molar-refractivity contribution in [1.29, 1.82) is 0 Å². The topological polar surface area (TPSA) is 96.9 Å². The van der Waals surface area contributed by atoms with Gasteiger partial charge in [0, 0.05) is 43.9 Å². The lowest BCUT2D eigenvalue weighted by atomic mass is 9.88. The van der Waals surface area contributed by atoms with Gasteiger partial charge in [-0.15, -0.1) is 0 Å². The number of rotatable bonds is 8. The van der Waals surface area contributed by atoms with Crippen LogP contribution in [0.5, 0.6) is 0 Å². The zero-order chi connectivity index (χ0) is 24.6. The van der Waals surface area contributed by atoms with E-state index in [1.165, 1.54) is 6.07 Å². The number of oxime groups is 1. The zero-order valence-corrected chi connectivity index (χ0v) is 20.4. The summed E-state index contributed by atoms with van der Waals surface area (Å²) in [6, 6.07) is 6.86. The molecule has 2 N–H and O–H groups in total. The first-order valence-electron chi connectivity index (χ1n) is 12.6. The first-order valence-corrected chi connectivity index (χ1v) is 12.6. The Balaban J connectivity index is 1.30. The average molecular weight is 483 g/mol. The van der Waals surface area contributed by atoms with E-state index in [1.807, 2.05) is 24.0 Å². The second kappa shape index (κ2) is 12.1. The summed E-state index contributed by atoms with van der Waals surface area (Å²) in [5, 5.41) is 4.27. The molecule has 1 amide bonds. The molecule has 0 aliphatic carbocycles. The molecule has 2 aromatic heterocycles. The first-order chi connectivity index (χ1) is 17.0. The van der Waals surface area contributed by atoms with Crippen LogP contribution in [0, 0.1) is 17.7 Å². The summed E-state index contributed by atoms with van der Waals surface area (Å²) >= 11 is 0. The van der Waals surface area contributed by atoms with Gasteiger partial charge < -0.3 is 15.5 Å². The average Bonchev–Trinajstić information content (AvgIpc) is 2.88. The van der Waals surface area contributed by atoms with Crippen LogP contribution < -0.4 is 5.73 Å². The highest BCUT2D eigenvalue weighted by Crippen LogP contribution is 2.27. The molecule has 0 atom stereocenters. The molecular formula is C26H35FN6O2. The third-order valence-corrected chi connectivity index (χ3v) is 6.84. The normalized spacial score (nSPS) is 18.6. The van der Waals surface area contributed by atoms with E-state index in [4.69, 9.17) is 10.6 Å². The number of anilines is 1. The van der Waals surface area contributed by atoms with Crippen molar-refractivity contribution >= 4 is 17.4 Å².